The number of amides is 1. The van der Waals surface area contributed by atoms with Gasteiger partial charge < -0.3 is 14.7 Å². The van der Waals surface area contributed by atoms with Crippen LogP contribution < -0.4 is 5.32 Å². The fraction of sp³-hybridized carbons (Fsp3) is 0. The van der Waals surface area contributed by atoms with Gasteiger partial charge in [0, 0.05) is 27.9 Å². The molecule has 0 saturated heterocycles. The van der Waals surface area contributed by atoms with Crippen LogP contribution in [0.1, 0.15) is 42.4 Å². The second-order valence-electron chi connectivity index (χ2n) is 9.30. The van der Waals surface area contributed by atoms with E-state index in [0.717, 1.165) is 0 Å². The van der Waals surface area contributed by atoms with Crippen LogP contribution in [0, 0.1) is 0 Å². The molecule has 0 aliphatic carbocycles. The molecule has 0 atom stereocenters. The van der Waals surface area contributed by atoms with E-state index in [1.807, 2.05) is 30.3 Å². The van der Waals surface area contributed by atoms with Crippen molar-refractivity contribution in [2.75, 3.05) is 5.32 Å². The Hall–Kier alpha value is -5.82. The van der Waals surface area contributed by atoms with E-state index in [2.05, 4.69) is 15.3 Å². The number of aromatic amines is 1. The number of H-pyrrole nitrogens is 1. The molecule has 1 amide bonds. The van der Waals surface area contributed by atoms with Crippen molar-refractivity contribution in [1.29, 1.82) is 0 Å². The van der Waals surface area contributed by atoms with Crippen molar-refractivity contribution in [3.05, 3.63) is 150 Å². The Labute approximate surface area is 235 Å². The standard InChI is InChI=1S/C34H23N3O4/c38-31(19-17-26-9-6-20-41-26)22-12-15-25(16-13-22)35-34(40)28-11-5-4-10-27(28)33-36-29-18-14-24(21-30(29)37-33)32(39)23-7-2-1-3-8-23/h1-21H,(H,35,40)(H,36,37)/b19-17+. The first kappa shape index (κ1) is 25.5. The fourth-order valence-electron chi connectivity index (χ4n) is 4.48. The first-order valence-electron chi connectivity index (χ1n) is 12.9. The van der Waals surface area contributed by atoms with Crippen LogP contribution in [-0.4, -0.2) is 27.4 Å². The second-order valence-corrected chi connectivity index (χ2v) is 9.30. The van der Waals surface area contributed by atoms with Crippen molar-refractivity contribution in [2.24, 2.45) is 0 Å². The number of hydrogen-bond donors (Lipinski definition) is 2. The molecular formula is C34H23N3O4. The summed E-state index contributed by atoms with van der Waals surface area (Å²) in [6, 6.07) is 31.8. The molecule has 0 spiro atoms. The van der Waals surface area contributed by atoms with Crippen LogP contribution >= 0.6 is 0 Å². The Morgan fingerprint density at radius 1 is 0.756 bits per heavy atom. The van der Waals surface area contributed by atoms with E-state index in [1.54, 1.807) is 91.2 Å². The Morgan fingerprint density at radius 2 is 1.51 bits per heavy atom. The van der Waals surface area contributed by atoms with Gasteiger partial charge in [-0.3, -0.25) is 14.4 Å². The predicted octanol–water partition coefficient (Wildman–Crippen LogP) is 7.20. The van der Waals surface area contributed by atoms with Crippen LogP contribution in [0.4, 0.5) is 5.69 Å². The lowest BCUT2D eigenvalue weighted by molar-refractivity contribution is 0.102. The summed E-state index contributed by atoms with van der Waals surface area (Å²) in [6.07, 6.45) is 4.59. The average Bonchev–Trinajstić information content (AvgIpc) is 3.70. The molecule has 0 unspecified atom stereocenters. The van der Waals surface area contributed by atoms with Gasteiger partial charge in [-0.05, 0) is 72.8 Å². The zero-order chi connectivity index (χ0) is 28.2. The molecule has 7 nitrogen and oxygen atoms in total. The minimum atomic E-state index is -0.321. The summed E-state index contributed by atoms with van der Waals surface area (Å²) in [4.78, 5) is 46.6. The van der Waals surface area contributed by atoms with Gasteiger partial charge in [-0.1, -0.05) is 48.5 Å². The number of ketones is 2. The van der Waals surface area contributed by atoms with Gasteiger partial charge in [0.05, 0.1) is 22.9 Å². The highest BCUT2D eigenvalue weighted by Crippen LogP contribution is 2.26. The maximum atomic E-state index is 13.3. The Morgan fingerprint density at radius 3 is 2.29 bits per heavy atom. The van der Waals surface area contributed by atoms with E-state index in [0.29, 0.717) is 56.1 Å². The van der Waals surface area contributed by atoms with Gasteiger partial charge in [0.1, 0.15) is 11.6 Å². The summed E-state index contributed by atoms with van der Waals surface area (Å²) < 4.78 is 5.21. The molecule has 0 bridgehead atoms. The number of hydrogen-bond acceptors (Lipinski definition) is 5. The van der Waals surface area contributed by atoms with Gasteiger partial charge in [0.2, 0.25) is 0 Å². The van der Waals surface area contributed by atoms with Gasteiger partial charge in [0.15, 0.2) is 11.6 Å². The molecule has 2 aromatic heterocycles. The number of carbonyl (C=O) groups is 3. The Bertz CT molecular complexity index is 1900. The summed E-state index contributed by atoms with van der Waals surface area (Å²) in [5, 5.41) is 2.90. The summed E-state index contributed by atoms with van der Waals surface area (Å²) in [5.41, 5.74) is 4.60. The monoisotopic (exact) mass is 537 g/mol. The number of imidazole rings is 1. The quantitative estimate of drug-likeness (QED) is 0.158. The first-order chi connectivity index (χ1) is 20.0. The van der Waals surface area contributed by atoms with Crippen LogP contribution in [-0.2, 0) is 0 Å². The molecule has 0 saturated carbocycles. The number of benzene rings is 4. The number of nitrogens with zero attached hydrogens (tertiary/aromatic N) is 1. The van der Waals surface area contributed by atoms with E-state index in [-0.39, 0.29) is 17.5 Å². The molecule has 0 fully saturated rings. The lowest BCUT2D eigenvalue weighted by Gasteiger charge is -2.09. The van der Waals surface area contributed by atoms with Crippen molar-refractivity contribution < 1.29 is 18.8 Å². The zero-order valence-corrected chi connectivity index (χ0v) is 21.7. The molecule has 7 heteroatoms. The topological polar surface area (TPSA) is 105 Å². The Kier molecular flexibility index (Phi) is 6.90. The molecule has 198 valence electrons. The molecular weight excluding hydrogens is 514 g/mol. The zero-order valence-electron chi connectivity index (χ0n) is 21.7. The Balaban J connectivity index is 1.21. The fourth-order valence-corrected chi connectivity index (χ4v) is 4.48. The second kappa shape index (κ2) is 11.1. The third-order valence-corrected chi connectivity index (χ3v) is 6.58. The van der Waals surface area contributed by atoms with Crippen LogP contribution in [0.25, 0.3) is 28.5 Å². The molecule has 0 aliphatic rings. The van der Waals surface area contributed by atoms with Crippen molar-refractivity contribution in [2.45, 2.75) is 0 Å². The SMILES string of the molecule is O=C(/C=C/c1ccco1)c1ccc(NC(=O)c2ccccc2-c2nc3ccc(C(=O)c4ccccc4)cc3[nH]2)cc1. The van der Waals surface area contributed by atoms with E-state index in [1.165, 1.54) is 6.08 Å². The number of fused-ring (bicyclic) bond motifs is 1. The average molecular weight is 538 g/mol. The predicted molar refractivity (Wildman–Crippen MR) is 158 cm³/mol. The maximum Gasteiger partial charge on any atom is 0.256 e. The lowest BCUT2D eigenvalue weighted by Crippen LogP contribution is -2.13. The van der Waals surface area contributed by atoms with Crippen molar-refractivity contribution >= 4 is 40.3 Å². The van der Waals surface area contributed by atoms with Crippen LogP contribution in [0.3, 0.4) is 0 Å². The molecule has 2 N–H and O–H groups in total. The minimum absolute atomic E-state index is 0.0790. The number of furan rings is 1. The number of aromatic nitrogens is 2. The molecule has 41 heavy (non-hydrogen) atoms. The maximum absolute atomic E-state index is 13.3. The number of nitrogens with one attached hydrogen (secondary N) is 2. The molecule has 2 heterocycles. The highest BCUT2D eigenvalue weighted by molar-refractivity contribution is 6.11. The van der Waals surface area contributed by atoms with Crippen LogP contribution in [0.2, 0.25) is 0 Å². The normalized spacial score (nSPS) is 11.1. The van der Waals surface area contributed by atoms with Gasteiger partial charge in [0.25, 0.3) is 5.91 Å². The third-order valence-electron chi connectivity index (χ3n) is 6.58. The third kappa shape index (κ3) is 5.51. The van der Waals surface area contributed by atoms with E-state index in [4.69, 9.17) is 4.42 Å². The number of carbonyl (C=O) groups excluding carboxylic acids is 3. The molecule has 0 radical (unpaired) electrons. The molecule has 6 aromatic rings. The summed E-state index contributed by atoms with van der Waals surface area (Å²) in [6.45, 7) is 0. The molecule has 6 rings (SSSR count). The number of rotatable bonds is 8. The summed E-state index contributed by atoms with van der Waals surface area (Å²) >= 11 is 0. The number of allylic oxidation sites excluding steroid dienone is 1. The van der Waals surface area contributed by atoms with Crippen LogP contribution in [0.5, 0.6) is 0 Å². The molecule has 0 aliphatic heterocycles. The van der Waals surface area contributed by atoms with Gasteiger partial charge in [-0.25, -0.2) is 4.98 Å². The summed E-state index contributed by atoms with van der Waals surface area (Å²) in [7, 11) is 0. The van der Waals surface area contributed by atoms with E-state index < -0.39 is 0 Å². The first-order valence-corrected chi connectivity index (χ1v) is 12.9. The van der Waals surface area contributed by atoms with Crippen molar-refractivity contribution in [1.82, 2.24) is 9.97 Å². The van der Waals surface area contributed by atoms with Gasteiger partial charge in [-0.2, -0.15) is 0 Å². The van der Waals surface area contributed by atoms with Crippen molar-refractivity contribution in [3.8, 4) is 11.4 Å². The minimum Gasteiger partial charge on any atom is -0.465 e. The van der Waals surface area contributed by atoms with E-state index in [9.17, 15) is 14.4 Å². The van der Waals surface area contributed by atoms with Crippen molar-refractivity contribution in [3.63, 3.8) is 0 Å². The van der Waals surface area contributed by atoms with Gasteiger partial charge in [-0.15, -0.1) is 0 Å². The van der Waals surface area contributed by atoms with Gasteiger partial charge >= 0.3 is 0 Å². The number of anilines is 1. The van der Waals surface area contributed by atoms with E-state index >= 15 is 0 Å². The highest BCUT2D eigenvalue weighted by atomic mass is 16.3. The highest BCUT2D eigenvalue weighted by Gasteiger charge is 2.17. The lowest BCUT2D eigenvalue weighted by atomic mass is 10.0. The largest absolute Gasteiger partial charge is 0.465 e. The summed E-state index contributed by atoms with van der Waals surface area (Å²) in [5.74, 6) is 0.524. The van der Waals surface area contributed by atoms with Crippen LogP contribution in [0.15, 0.2) is 126 Å². The smallest absolute Gasteiger partial charge is 0.256 e. The molecule has 4 aromatic carbocycles.